The summed E-state index contributed by atoms with van der Waals surface area (Å²) in [4.78, 5) is 9.91. The van der Waals surface area contributed by atoms with E-state index in [-0.39, 0.29) is 33.2 Å². The summed E-state index contributed by atoms with van der Waals surface area (Å²) in [6, 6.07) is 12.9. The second-order valence-corrected chi connectivity index (χ2v) is 9.84. The standard InChI is InChI=1S/C21H14N2O9S2.Mn/c24-19-16(21(25)26)9-12-3-1-2-4-14(12)18(19)23-22-17-8-6-11-5-7-13(33(27,28)29)10-15(11)20(17)34(30,31)32;/h1-10,24H,(H,25,26)(H,27,28,29)(H,30,31,32);/q;+2/p-2. The minimum absolute atomic E-state index is 0. The van der Waals surface area contributed by atoms with E-state index in [1.165, 1.54) is 24.3 Å². The third-order valence-electron chi connectivity index (χ3n) is 4.93. The Balaban J connectivity index is 0.00000342. The zero-order chi connectivity index (χ0) is 24.8. The molecule has 4 aromatic carbocycles. The molecule has 0 amide bonds. The Bertz CT molecular complexity index is 1750. The van der Waals surface area contributed by atoms with E-state index in [9.17, 15) is 40.9 Å². The first-order valence-corrected chi connectivity index (χ1v) is 12.1. The number of benzene rings is 4. The Labute approximate surface area is 208 Å². The van der Waals surface area contributed by atoms with Gasteiger partial charge in [0.25, 0.3) is 20.2 Å². The quantitative estimate of drug-likeness (QED) is 0.211. The zero-order valence-electron chi connectivity index (χ0n) is 17.1. The summed E-state index contributed by atoms with van der Waals surface area (Å²) in [7, 11) is -9.71. The average molecular weight is 555 g/mol. The topological polar surface area (TPSA) is 197 Å². The van der Waals surface area contributed by atoms with Crippen LogP contribution in [-0.4, -0.2) is 31.9 Å². The van der Waals surface area contributed by atoms with Crippen molar-refractivity contribution in [3.8, 4) is 5.75 Å². The molecule has 0 saturated carbocycles. The van der Waals surface area contributed by atoms with Gasteiger partial charge in [0.1, 0.15) is 10.6 Å². The summed E-state index contributed by atoms with van der Waals surface area (Å²) >= 11 is 0. The molecule has 0 aromatic heterocycles. The van der Waals surface area contributed by atoms with Crippen molar-refractivity contribution >= 4 is 59.1 Å². The molecule has 11 nitrogen and oxygen atoms in total. The van der Waals surface area contributed by atoms with Crippen LogP contribution in [0.4, 0.5) is 11.4 Å². The Morgan fingerprint density at radius 3 is 2.09 bits per heavy atom. The van der Waals surface area contributed by atoms with Crippen LogP contribution in [0.2, 0.25) is 0 Å². The molecular weight excluding hydrogens is 543 g/mol. The largest absolute Gasteiger partial charge is 2.00 e. The van der Waals surface area contributed by atoms with E-state index in [4.69, 9.17) is 0 Å². The van der Waals surface area contributed by atoms with Crippen molar-refractivity contribution in [1.82, 2.24) is 0 Å². The molecule has 4 aromatic rings. The van der Waals surface area contributed by atoms with Gasteiger partial charge in [-0.1, -0.05) is 42.1 Å². The van der Waals surface area contributed by atoms with Crippen LogP contribution in [0.1, 0.15) is 10.4 Å². The summed E-state index contributed by atoms with van der Waals surface area (Å²) in [5, 5.41) is 32.0. The monoisotopic (exact) mass is 555 g/mol. The first-order valence-electron chi connectivity index (χ1n) is 9.25. The van der Waals surface area contributed by atoms with Crippen LogP contribution < -0.4 is 10.2 Å². The minimum Gasteiger partial charge on any atom is -0.871 e. The van der Waals surface area contributed by atoms with Crippen LogP contribution in [0.5, 0.6) is 5.75 Å². The smallest absolute Gasteiger partial charge is 0.871 e. The van der Waals surface area contributed by atoms with Crippen molar-refractivity contribution in [1.29, 1.82) is 0 Å². The van der Waals surface area contributed by atoms with E-state index < -0.39 is 58.7 Å². The van der Waals surface area contributed by atoms with Gasteiger partial charge in [0.15, 0.2) is 0 Å². The van der Waals surface area contributed by atoms with Crippen LogP contribution in [0, 0.1) is 0 Å². The number of nitrogens with zero attached hydrogens (tertiary/aromatic N) is 2. The number of carboxylic acids is 1. The van der Waals surface area contributed by atoms with E-state index in [0.29, 0.717) is 5.39 Å². The molecule has 0 heterocycles. The number of hydrogen-bond donors (Lipinski definition) is 2. The second kappa shape index (κ2) is 9.34. The molecule has 0 aliphatic carbocycles. The zero-order valence-corrected chi connectivity index (χ0v) is 19.9. The molecule has 4 rings (SSSR count). The molecule has 0 unspecified atom stereocenters. The van der Waals surface area contributed by atoms with E-state index in [0.717, 1.165) is 24.3 Å². The average Bonchev–Trinajstić information content (AvgIpc) is 2.75. The Hall–Kier alpha value is -3.39. The molecule has 0 atom stereocenters. The third-order valence-corrected chi connectivity index (χ3v) is 6.73. The van der Waals surface area contributed by atoms with Gasteiger partial charge in [0.05, 0.1) is 16.6 Å². The third kappa shape index (κ3) is 5.03. The van der Waals surface area contributed by atoms with Crippen LogP contribution in [-0.2, 0) is 37.3 Å². The maximum Gasteiger partial charge on any atom is 2.00 e. The Morgan fingerprint density at radius 1 is 0.800 bits per heavy atom. The van der Waals surface area contributed by atoms with Crippen LogP contribution in [0.25, 0.3) is 21.5 Å². The van der Waals surface area contributed by atoms with Crippen molar-refractivity contribution in [2.24, 2.45) is 10.2 Å². The molecule has 1 radical (unpaired) electrons. The number of azo groups is 1. The minimum atomic E-state index is -5.01. The van der Waals surface area contributed by atoms with Gasteiger partial charge >= 0.3 is 17.1 Å². The van der Waals surface area contributed by atoms with Gasteiger partial charge in [0.2, 0.25) is 0 Å². The predicted molar refractivity (Wildman–Crippen MR) is 115 cm³/mol. The fraction of sp³-hybridized carbons (Fsp3) is 0. The van der Waals surface area contributed by atoms with Crippen molar-refractivity contribution in [3.05, 3.63) is 66.2 Å². The van der Waals surface area contributed by atoms with Gasteiger partial charge in [-0.25, -0.2) is 0 Å². The number of carboxylic acid groups (broad SMARTS) is 1. The summed E-state index contributed by atoms with van der Waals surface area (Å²) in [6.45, 7) is 0. The van der Waals surface area contributed by atoms with Crippen molar-refractivity contribution in [3.63, 3.8) is 0 Å². The molecule has 0 spiro atoms. The molecule has 0 bridgehead atoms. The number of hydrogen-bond acceptors (Lipinski definition) is 9. The molecular formula is C21H12MnN2O9S2. The fourth-order valence-corrected chi connectivity index (χ4v) is 4.77. The molecule has 0 aliphatic rings. The molecule has 179 valence electrons. The summed E-state index contributed by atoms with van der Waals surface area (Å²) in [6.07, 6.45) is 0. The van der Waals surface area contributed by atoms with E-state index >= 15 is 0 Å². The molecule has 0 aliphatic heterocycles. The number of aromatic carboxylic acids is 1. The predicted octanol–water partition coefficient (Wildman–Crippen LogP) is 2.34. The molecule has 2 N–H and O–H groups in total. The number of rotatable bonds is 5. The first kappa shape index (κ1) is 26.2. The van der Waals surface area contributed by atoms with E-state index in [2.05, 4.69) is 10.2 Å². The SMILES string of the molecule is O=C([O-])c1cc2ccccc2c(N=Nc2ccc3ccc(S(=O)(=O)O)cc3c2S(=O)(=O)O)c1[O-].[Mn+2]. The van der Waals surface area contributed by atoms with E-state index in [1.54, 1.807) is 12.1 Å². The summed E-state index contributed by atoms with van der Waals surface area (Å²) < 4.78 is 66.4. The molecule has 0 saturated heterocycles. The van der Waals surface area contributed by atoms with Crippen molar-refractivity contribution in [2.45, 2.75) is 9.79 Å². The number of carbonyl (C=O) groups is 1. The Kier molecular flexibility index (Phi) is 6.99. The van der Waals surface area contributed by atoms with Crippen LogP contribution in [0.3, 0.4) is 0 Å². The first-order chi connectivity index (χ1) is 15.9. The van der Waals surface area contributed by atoms with Gasteiger partial charge in [-0.05, 0) is 40.6 Å². The maximum absolute atomic E-state index is 12.7. The number of carbonyl (C=O) groups excluding carboxylic acids is 1. The van der Waals surface area contributed by atoms with Gasteiger partial charge in [0, 0.05) is 10.8 Å². The van der Waals surface area contributed by atoms with Crippen molar-refractivity contribution in [2.75, 3.05) is 0 Å². The summed E-state index contributed by atoms with van der Waals surface area (Å²) in [5.41, 5.74) is -1.56. The van der Waals surface area contributed by atoms with Gasteiger partial charge in [-0.15, -0.1) is 5.11 Å². The van der Waals surface area contributed by atoms with Gasteiger partial charge in [-0.3, -0.25) is 9.11 Å². The maximum atomic E-state index is 12.7. The van der Waals surface area contributed by atoms with Crippen LogP contribution in [0.15, 0.2) is 80.7 Å². The summed E-state index contributed by atoms with van der Waals surface area (Å²) in [5.74, 6) is -2.76. The van der Waals surface area contributed by atoms with E-state index in [1.807, 2.05) is 0 Å². The molecule has 35 heavy (non-hydrogen) atoms. The Morgan fingerprint density at radius 2 is 1.46 bits per heavy atom. The van der Waals surface area contributed by atoms with Gasteiger partial charge < -0.3 is 15.0 Å². The van der Waals surface area contributed by atoms with Crippen LogP contribution >= 0.6 is 0 Å². The second-order valence-electron chi connectivity index (χ2n) is 7.06. The molecule has 0 fully saturated rings. The van der Waals surface area contributed by atoms with Crippen molar-refractivity contribution < 1.29 is 58.0 Å². The normalized spacial score (nSPS) is 12.2. The van der Waals surface area contributed by atoms with Gasteiger partial charge in [-0.2, -0.15) is 21.9 Å². The number of fused-ring (bicyclic) bond motifs is 2. The molecule has 14 heteroatoms. The fourth-order valence-electron chi connectivity index (χ4n) is 3.43.